The molecule has 1 aromatic heterocycles. The van der Waals surface area contributed by atoms with E-state index in [0.717, 1.165) is 16.8 Å². The van der Waals surface area contributed by atoms with Crippen LogP contribution >= 0.6 is 0 Å². The van der Waals surface area contributed by atoms with E-state index < -0.39 is 0 Å². The third-order valence-electron chi connectivity index (χ3n) is 3.56. The maximum Gasteiger partial charge on any atom is 0.307 e. The summed E-state index contributed by atoms with van der Waals surface area (Å²) in [5.41, 5.74) is 5.77. The van der Waals surface area contributed by atoms with Crippen LogP contribution in [0.15, 0.2) is 88.6 Å². The quantitative estimate of drug-likeness (QED) is 0.554. The zero-order chi connectivity index (χ0) is 16.6. The summed E-state index contributed by atoms with van der Waals surface area (Å²) in [6.07, 6.45) is 2.82. The smallest absolute Gasteiger partial charge is 0.307 e. The van der Waals surface area contributed by atoms with Gasteiger partial charge in [0.2, 0.25) is 0 Å². The molecule has 0 unspecified atom stereocenters. The molecule has 0 saturated carbocycles. The minimum Gasteiger partial charge on any atom is -0.459 e. The van der Waals surface area contributed by atoms with Crippen LogP contribution in [0.1, 0.15) is 21.7 Å². The highest BCUT2D eigenvalue weighted by Gasteiger charge is 2.09. The Labute approximate surface area is 140 Å². The minimum absolute atomic E-state index is 0.248. The maximum atomic E-state index is 12.0. The summed E-state index contributed by atoms with van der Waals surface area (Å²) in [5.74, 6) is -0.101. The zero-order valence-corrected chi connectivity index (χ0v) is 13.2. The number of hydrogen-bond donors (Lipinski definition) is 1. The zero-order valence-electron chi connectivity index (χ0n) is 13.2. The number of rotatable bonds is 6. The molecule has 0 aliphatic heterocycles. The highest BCUT2D eigenvalue weighted by Crippen LogP contribution is 2.07. The Morgan fingerprint density at radius 2 is 1.42 bits per heavy atom. The van der Waals surface area contributed by atoms with E-state index in [1.54, 1.807) is 12.1 Å². The van der Waals surface area contributed by atoms with Crippen LogP contribution in [0.3, 0.4) is 0 Å². The number of hydrazone groups is 1. The Morgan fingerprint density at radius 1 is 0.833 bits per heavy atom. The van der Waals surface area contributed by atoms with Gasteiger partial charge in [0.05, 0.1) is 6.26 Å². The fourth-order valence-electron chi connectivity index (χ4n) is 2.40. The van der Waals surface area contributed by atoms with Crippen LogP contribution in [0.25, 0.3) is 0 Å². The van der Waals surface area contributed by atoms with Crippen molar-refractivity contribution >= 4 is 11.6 Å². The number of nitrogens with zero attached hydrogens (tertiary/aromatic N) is 1. The summed E-state index contributed by atoms with van der Waals surface area (Å²) >= 11 is 0. The highest BCUT2D eigenvalue weighted by atomic mass is 16.3. The second kappa shape index (κ2) is 7.92. The van der Waals surface area contributed by atoms with Crippen LogP contribution in [0.5, 0.6) is 0 Å². The summed E-state index contributed by atoms with van der Waals surface area (Å²) < 4.78 is 5.08. The topological polar surface area (TPSA) is 54.6 Å². The van der Waals surface area contributed by atoms with E-state index in [4.69, 9.17) is 4.42 Å². The van der Waals surface area contributed by atoms with Gasteiger partial charge in [-0.3, -0.25) is 4.79 Å². The monoisotopic (exact) mass is 318 g/mol. The Morgan fingerprint density at radius 3 is 1.92 bits per heavy atom. The first kappa shape index (κ1) is 15.7. The van der Waals surface area contributed by atoms with Gasteiger partial charge in [-0.1, -0.05) is 60.7 Å². The molecule has 1 N–H and O–H groups in total. The molecule has 0 bridgehead atoms. The van der Waals surface area contributed by atoms with Gasteiger partial charge in [-0.05, 0) is 23.3 Å². The van der Waals surface area contributed by atoms with Crippen molar-refractivity contribution in [2.75, 3.05) is 0 Å². The van der Waals surface area contributed by atoms with Gasteiger partial charge in [-0.15, -0.1) is 0 Å². The molecule has 24 heavy (non-hydrogen) atoms. The number of carbonyl (C=O) groups excluding carboxylic acids is 1. The molecule has 0 saturated heterocycles. The molecule has 3 rings (SSSR count). The average molecular weight is 318 g/mol. The van der Waals surface area contributed by atoms with E-state index in [2.05, 4.69) is 34.8 Å². The normalized spacial score (nSPS) is 10.2. The second-order valence-electron chi connectivity index (χ2n) is 5.42. The Hall–Kier alpha value is -3.14. The van der Waals surface area contributed by atoms with Gasteiger partial charge in [0.25, 0.3) is 0 Å². The number of amides is 1. The average Bonchev–Trinajstić information content (AvgIpc) is 3.16. The van der Waals surface area contributed by atoms with Gasteiger partial charge < -0.3 is 4.42 Å². The Kier molecular flexibility index (Phi) is 5.20. The van der Waals surface area contributed by atoms with Crippen LogP contribution in [-0.4, -0.2) is 11.6 Å². The van der Waals surface area contributed by atoms with E-state index in [-0.39, 0.29) is 11.7 Å². The minimum atomic E-state index is -0.348. The first-order valence-electron chi connectivity index (χ1n) is 7.78. The van der Waals surface area contributed by atoms with Crippen molar-refractivity contribution in [3.8, 4) is 0 Å². The predicted octanol–water partition coefficient (Wildman–Crippen LogP) is 3.85. The van der Waals surface area contributed by atoms with E-state index in [1.807, 2.05) is 36.4 Å². The Balaban J connectivity index is 1.75. The molecule has 1 heterocycles. The predicted molar refractivity (Wildman–Crippen MR) is 93.9 cm³/mol. The summed E-state index contributed by atoms with van der Waals surface area (Å²) in [7, 11) is 0. The molecule has 0 atom stereocenters. The number of hydrogen-bond acceptors (Lipinski definition) is 3. The van der Waals surface area contributed by atoms with E-state index in [0.29, 0.717) is 12.8 Å². The van der Waals surface area contributed by atoms with Crippen LogP contribution < -0.4 is 5.43 Å². The standard InChI is InChI=1S/C20H18N2O2/c23-20(19-12-7-13-24-19)22-21-18(14-16-8-3-1-4-9-16)15-17-10-5-2-6-11-17/h1-13H,14-15H2,(H,22,23). The van der Waals surface area contributed by atoms with Gasteiger partial charge in [-0.25, -0.2) is 5.43 Å². The number of furan rings is 1. The van der Waals surface area contributed by atoms with Crippen molar-refractivity contribution < 1.29 is 9.21 Å². The molecule has 0 aliphatic rings. The molecule has 4 nitrogen and oxygen atoms in total. The molecule has 0 aliphatic carbocycles. The van der Waals surface area contributed by atoms with Crippen LogP contribution in [-0.2, 0) is 12.8 Å². The number of nitrogens with one attached hydrogen (secondary N) is 1. The molecule has 4 heteroatoms. The molecular formula is C20H18N2O2. The Bertz CT molecular complexity index is 751. The third kappa shape index (κ3) is 4.43. The van der Waals surface area contributed by atoms with Crippen molar-refractivity contribution in [2.45, 2.75) is 12.8 Å². The summed E-state index contributed by atoms with van der Waals surface area (Å²) in [5, 5.41) is 4.33. The lowest BCUT2D eigenvalue weighted by molar-refractivity contribution is 0.0927. The van der Waals surface area contributed by atoms with Crippen LogP contribution in [0, 0.1) is 0 Å². The van der Waals surface area contributed by atoms with Gasteiger partial charge in [0.1, 0.15) is 0 Å². The van der Waals surface area contributed by atoms with Crippen molar-refractivity contribution in [2.24, 2.45) is 5.10 Å². The summed E-state index contributed by atoms with van der Waals surface area (Å²) in [6, 6.07) is 23.4. The molecule has 1 amide bonds. The summed E-state index contributed by atoms with van der Waals surface area (Å²) in [4.78, 5) is 12.0. The molecule has 0 fully saturated rings. The lowest BCUT2D eigenvalue weighted by Gasteiger charge is -2.08. The fourth-order valence-corrected chi connectivity index (χ4v) is 2.40. The molecule has 120 valence electrons. The highest BCUT2D eigenvalue weighted by molar-refractivity contribution is 5.94. The van der Waals surface area contributed by atoms with Crippen molar-refractivity contribution in [3.63, 3.8) is 0 Å². The van der Waals surface area contributed by atoms with E-state index in [9.17, 15) is 4.79 Å². The van der Waals surface area contributed by atoms with Crippen molar-refractivity contribution in [1.82, 2.24) is 5.43 Å². The first-order valence-corrected chi connectivity index (χ1v) is 7.78. The maximum absolute atomic E-state index is 12.0. The van der Waals surface area contributed by atoms with Crippen LogP contribution in [0.2, 0.25) is 0 Å². The third-order valence-corrected chi connectivity index (χ3v) is 3.56. The van der Waals surface area contributed by atoms with Gasteiger partial charge >= 0.3 is 5.91 Å². The van der Waals surface area contributed by atoms with Gasteiger partial charge in [0.15, 0.2) is 5.76 Å². The molecule has 2 aromatic carbocycles. The lowest BCUT2D eigenvalue weighted by Crippen LogP contribution is -2.21. The van der Waals surface area contributed by atoms with E-state index >= 15 is 0 Å². The van der Waals surface area contributed by atoms with Gasteiger partial charge in [0, 0.05) is 18.6 Å². The fraction of sp³-hybridized carbons (Fsp3) is 0.100. The second-order valence-corrected chi connectivity index (χ2v) is 5.42. The largest absolute Gasteiger partial charge is 0.459 e. The molecular weight excluding hydrogens is 300 g/mol. The van der Waals surface area contributed by atoms with Crippen molar-refractivity contribution in [1.29, 1.82) is 0 Å². The van der Waals surface area contributed by atoms with Crippen LogP contribution in [0.4, 0.5) is 0 Å². The SMILES string of the molecule is O=C(NN=C(Cc1ccccc1)Cc1ccccc1)c1ccco1. The number of benzene rings is 2. The first-order chi connectivity index (χ1) is 11.8. The summed E-state index contributed by atoms with van der Waals surface area (Å²) in [6.45, 7) is 0. The molecule has 0 spiro atoms. The lowest BCUT2D eigenvalue weighted by atomic mass is 10.0. The van der Waals surface area contributed by atoms with E-state index in [1.165, 1.54) is 6.26 Å². The molecule has 0 radical (unpaired) electrons. The van der Waals surface area contributed by atoms with Gasteiger partial charge in [-0.2, -0.15) is 5.10 Å². The molecule has 3 aromatic rings. The van der Waals surface area contributed by atoms with Crippen molar-refractivity contribution in [3.05, 3.63) is 95.9 Å². The number of carbonyl (C=O) groups is 1.